The lowest BCUT2D eigenvalue weighted by atomic mass is 10.1. The van der Waals surface area contributed by atoms with Gasteiger partial charge in [-0.3, -0.25) is 4.79 Å². The minimum Gasteiger partial charge on any atom is -0.493 e. The Labute approximate surface area is 173 Å². The minimum absolute atomic E-state index is 0.173. The molecule has 0 spiro atoms. The molecular weight excluding hydrogens is 368 g/mol. The van der Waals surface area contributed by atoms with Gasteiger partial charge >= 0.3 is 0 Å². The molecule has 29 heavy (non-hydrogen) atoms. The van der Waals surface area contributed by atoms with Gasteiger partial charge in [-0.25, -0.2) is 0 Å². The van der Waals surface area contributed by atoms with Crippen molar-refractivity contribution in [1.29, 1.82) is 0 Å². The van der Waals surface area contributed by atoms with Crippen LogP contribution in [0, 0.1) is 0 Å². The summed E-state index contributed by atoms with van der Waals surface area (Å²) in [5.74, 6) is 1.10. The molecule has 0 aromatic heterocycles. The van der Waals surface area contributed by atoms with E-state index >= 15 is 0 Å². The molecular formula is C23H30N2O4. The fourth-order valence-corrected chi connectivity index (χ4v) is 3.00. The monoisotopic (exact) mass is 398 g/mol. The van der Waals surface area contributed by atoms with E-state index in [-0.39, 0.29) is 5.78 Å². The number of hydrogen-bond acceptors (Lipinski definition) is 6. The van der Waals surface area contributed by atoms with E-state index in [4.69, 9.17) is 14.2 Å². The van der Waals surface area contributed by atoms with Gasteiger partial charge in [0.1, 0.15) is 0 Å². The number of methoxy groups -OCH3 is 3. The summed E-state index contributed by atoms with van der Waals surface area (Å²) in [7, 11) is 10.7. The van der Waals surface area contributed by atoms with E-state index in [0.29, 0.717) is 22.8 Å². The lowest BCUT2D eigenvalue weighted by Crippen LogP contribution is -2.28. The molecule has 0 heterocycles. The molecule has 0 aliphatic heterocycles. The fraction of sp³-hybridized carbons (Fsp3) is 0.348. The number of rotatable bonds is 10. The number of benzene rings is 2. The minimum atomic E-state index is -0.173. The van der Waals surface area contributed by atoms with Gasteiger partial charge in [0, 0.05) is 25.8 Å². The number of para-hydroxylation sites is 1. The molecule has 0 radical (unpaired) electrons. The zero-order chi connectivity index (χ0) is 21.4. The van der Waals surface area contributed by atoms with E-state index in [1.54, 1.807) is 25.3 Å². The molecule has 6 heteroatoms. The van der Waals surface area contributed by atoms with Crippen LogP contribution in [0.3, 0.4) is 0 Å². The summed E-state index contributed by atoms with van der Waals surface area (Å²) >= 11 is 0. The third-order valence-corrected chi connectivity index (χ3v) is 4.61. The van der Waals surface area contributed by atoms with Crippen molar-refractivity contribution in [3.05, 3.63) is 53.6 Å². The van der Waals surface area contributed by atoms with Gasteiger partial charge in [0.25, 0.3) is 0 Å². The molecule has 0 amide bonds. The molecule has 0 unspecified atom stereocenters. The van der Waals surface area contributed by atoms with Crippen LogP contribution in [0.1, 0.15) is 15.9 Å². The van der Waals surface area contributed by atoms with Crippen molar-refractivity contribution in [3.63, 3.8) is 0 Å². The van der Waals surface area contributed by atoms with E-state index in [0.717, 1.165) is 24.3 Å². The van der Waals surface area contributed by atoms with Gasteiger partial charge in [-0.05, 0) is 50.0 Å². The first-order valence-corrected chi connectivity index (χ1v) is 9.39. The van der Waals surface area contributed by atoms with Gasteiger partial charge in [0.05, 0.1) is 26.9 Å². The molecule has 2 rings (SSSR count). The van der Waals surface area contributed by atoms with Gasteiger partial charge in [-0.15, -0.1) is 0 Å². The average molecular weight is 399 g/mol. The van der Waals surface area contributed by atoms with Crippen LogP contribution in [0.25, 0.3) is 6.08 Å². The molecule has 6 nitrogen and oxygen atoms in total. The topological polar surface area (TPSA) is 51.2 Å². The Morgan fingerprint density at radius 2 is 1.59 bits per heavy atom. The molecule has 0 N–H and O–H groups in total. The first kappa shape index (κ1) is 22.3. The summed E-state index contributed by atoms with van der Waals surface area (Å²) in [6.45, 7) is 1.83. The summed E-state index contributed by atoms with van der Waals surface area (Å²) in [6, 6.07) is 11.4. The Bertz CT molecular complexity index is 862. The van der Waals surface area contributed by atoms with E-state index in [2.05, 4.69) is 37.0 Å². The number of anilines is 1. The van der Waals surface area contributed by atoms with Gasteiger partial charge in [0.15, 0.2) is 17.3 Å². The van der Waals surface area contributed by atoms with Crippen LogP contribution in [0.4, 0.5) is 5.69 Å². The maximum atomic E-state index is 12.9. The number of ketones is 1. The number of hydrogen-bond donors (Lipinski definition) is 0. The molecule has 2 aromatic rings. The summed E-state index contributed by atoms with van der Waals surface area (Å²) in [5, 5.41) is 0. The highest BCUT2D eigenvalue weighted by Gasteiger charge is 2.19. The number of ether oxygens (including phenoxy) is 3. The van der Waals surface area contributed by atoms with Gasteiger partial charge in [-0.1, -0.05) is 18.2 Å². The summed E-state index contributed by atoms with van der Waals surface area (Å²) in [5.41, 5.74) is 2.46. The van der Waals surface area contributed by atoms with Gasteiger partial charge in [-0.2, -0.15) is 0 Å². The lowest BCUT2D eigenvalue weighted by Gasteiger charge is -2.23. The molecule has 0 bridgehead atoms. The molecule has 0 saturated carbocycles. The van der Waals surface area contributed by atoms with Crippen LogP contribution in [0.5, 0.6) is 17.2 Å². The van der Waals surface area contributed by atoms with Crippen molar-refractivity contribution in [1.82, 2.24) is 4.90 Å². The highest BCUT2D eigenvalue weighted by molar-refractivity contribution is 6.09. The first-order valence-electron chi connectivity index (χ1n) is 9.39. The normalized spacial score (nSPS) is 11.0. The van der Waals surface area contributed by atoms with Crippen LogP contribution in [0.2, 0.25) is 0 Å². The molecule has 0 fully saturated rings. The number of carbonyl (C=O) groups excluding carboxylic acids is 1. The number of nitrogens with zero attached hydrogens (tertiary/aromatic N) is 2. The van der Waals surface area contributed by atoms with Crippen molar-refractivity contribution in [3.8, 4) is 17.2 Å². The van der Waals surface area contributed by atoms with Crippen molar-refractivity contribution in [2.45, 2.75) is 0 Å². The van der Waals surface area contributed by atoms with E-state index in [1.807, 2.05) is 24.3 Å². The van der Waals surface area contributed by atoms with Gasteiger partial charge < -0.3 is 24.0 Å². The number of carbonyl (C=O) groups is 1. The maximum absolute atomic E-state index is 12.9. The fourth-order valence-electron chi connectivity index (χ4n) is 3.00. The number of allylic oxidation sites excluding steroid dienone is 1. The Kier molecular flexibility index (Phi) is 8.09. The average Bonchev–Trinajstić information content (AvgIpc) is 2.74. The zero-order valence-electron chi connectivity index (χ0n) is 18.1. The second-order valence-electron chi connectivity index (χ2n) is 6.86. The number of likely N-dealkylation sites (N-methyl/N-ethyl adjacent to an activating group) is 2. The molecule has 0 saturated heterocycles. The Balaban J connectivity index is 2.30. The smallest absolute Gasteiger partial charge is 0.204 e. The van der Waals surface area contributed by atoms with E-state index < -0.39 is 0 Å². The summed E-state index contributed by atoms with van der Waals surface area (Å²) in [6.07, 6.45) is 3.39. The summed E-state index contributed by atoms with van der Waals surface area (Å²) < 4.78 is 16.1. The largest absolute Gasteiger partial charge is 0.493 e. The standard InChI is InChI=1S/C23H30N2O4/c1-24(2)15-16-25(3)19-10-8-7-9-17(19)11-13-20(26)18-12-14-21(27-4)23(29-6)22(18)28-5/h7-14H,15-16H2,1-6H3/b13-11+. The highest BCUT2D eigenvalue weighted by Crippen LogP contribution is 2.40. The van der Waals surface area contributed by atoms with E-state index in [9.17, 15) is 4.79 Å². The van der Waals surface area contributed by atoms with Crippen molar-refractivity contribution < 1.29 is 19.0 Å². The molecule has 0 aliphatic carbocycles. The molecule has 0 aliphatic rings. The van der Waals surface area contributed by atoms with Crippen molar-refractivity contribution in [2.24, 2.45) is 0 Å². The van der Waals surface area contributed by atoms with Gasteiger partial charge in [0.2, 0.25) is 5.75 Å². The zero-order valence-corrected chi connectivity index (χ0v) is 18.1. The second-order valence-corrected chi connectivity index (χ2v) is 6.86. The Morgan fingerprint density at radius 3 is 2.21 bits per heavy atom. The van der Waals surface area contributed by atoms with Crippen LogP contribution >= 0.6 is 0 Å². The summed E-state index contributed by atoms with van der Waals surface area (Å²) in [4.78, 5) is 17.2. The molecule has 2 aromatic carbocycles. The second kappa shape index (κ2) is 10.5. The highest BCUT2D eigenvalue weighted by atomic mass is 16.5. The predicted molar refractivity (Wildman–Crippen MR) is 118 cm³/mol. The predicted octanol–water partition coefficient (Wildman–Crippen LogP) is 3.61. The molecule has 0 atom stereocenters. The lowest BCUT2D eigenvalue weighted by molar-refractivity contribution is 0.104. The van der Waals surface area contributed by atoms with Crippen LogP contribution in [-0.4, -0.2) is 66.2 Å². The maximum Gasteiger partial charge on any atom is 0.204 e. The van der Waals surface area contributed by atoms with Crippen LogP contribution < -0.4 is 19.1 Å². The third kappa shape index (κ3) is 5.51. The first-order chi connectivity index (χ1) is 13.9. The Morgan fingerprint density at radius 1 is 0.897 bits per heavy atom. The van der Waals surface area contributed by atoms with Crippen molar-refractivity contribution >= 4 is 17.5 Å². The SMILES string of the molecule is COc1ccc(C(=O)/C=C/c2ccccc2N(C)CCN(C)C)c(OC)c1OC. The van der Waals surface area contributed by atoms with E-state index in [1.165, 1.54) is 14.2 Å². The Hall–Kier alpha value is -2.99. The quantitative estimate of drug-likeness (QED) is 0.450. The van der Waals surface area contributed by atoms with Crippen LogP contribution in [0.15, 0.2) is 42.5 Å². The third-order valence-electron chi connectivity index (χ3n) is 4.61. The van der Waals surface area contributed by atoms with Crippen LogP contribution in [-0.2, 0) is 0 Å². The molecule has 156 valence electrons. The van der Waals surface area contributed by atoms with Crippen molar-refractivity contribution in [2.75, 3.05) is 60.5 Å².